The van der Waals surface area contributed by atoms with Crippen molar-refractivity contribution in [1.82, 2.24) is 4.57 Å². The van der Waals surface area contributed by atoms with Gasteiger partial charge in [0.05, 0.1) is 6.54 Å². The van der Waals surface area contributed by atoms with Crippen LogP contribution in [0.1, 0.15) is 15.9 Å². The van der Waals surface area contributed by atoms with Crippen molar-refractivity contribution in [1.29, 1.82) is 0 Å². The molecule has 0 aliphatic heterocycles. The van der Waals surface area contributed by atoms with E-state index in [0.717, 1.165) is 16.9 Å². The zero-order valence-electron chi connectivity index (χ0n) is 8.84. The molecule has 2 aromatic rings. The molecule has 2 rings (SSSR count). The molecular formula is C12H11NO2S. The normalized spacial score (nSPS) is 10.3. The van der Waals surface area contributed by atoms with Crippen LogP contribution in [0.25, 0.3) is 0 Å². The lowest BCUT2D eigenvalue weighted by Crippen LogP contribution is -2.19. The monoisotopic (exact) mass is 233 g/mol. The molecular weight excluding hydrogens is 222 g/mol. The number of carbonyl (C=O) groups is 1. The van der Waals surface area contributed by atoms with Crippen molar-refractivity contribution in [2.24, 2.45) is 0 Å². The maximum atomic E-state index is 11.9. The van der Waals surface area contributed by atoms with Crippen molar-refractivity contribution in [2.45, 2.75) is 13.5 Å². The van der Waals surface area contributed by atoms with Crippen molar-refractivity contribution in [3.63, 3.8) is 0 Å². The molecule has 0 radical (unpaired) electrons. The van der Waals surface area contributed by atoms with Gasteiger partial charge in [-0.25, -0.2) is 0 Å². The third-order valence-electron chi connectivity index (χ3n) is 2.40. The van der Waals surface area contributed by atoms with Gasteiger partial charge in [-0.1, -0.05) is 35.6 Å². The minimum atomic E-state index is -0.0954. The second-order valence-corrected chi connectivity index (χ2v) is 4.39. The van der Waals surface area contributed by atoms with Crippen molar-refractivity contribution in [3.05, 3.63) is 56.6 Å². The van der Waals surface area contributed by atoms with Crippen LogP contribution in [-0.4, -0.2) is 10.4 Å². The highest BCUT2D eigenvalue weighted by Crippen LogP contribution is 2.08. The highest BCUT2D eigenvalue weighted by atomic mass is 32.1. The standard InChI is InChI=1S/C12H11NO2S/c1-9-4-2-3-5-10(9)11(14)8-13-6-7-16-12(13)15/h2-7H,8H2,1H3. The van der Waals surface area contributed by atoms with Gasteiger partial charge in [-0.05, 0) is 12.5 Å². The largest absolute Gasteiger partial charge is 0.307 e. The van der Waals surface area contributed by atoms with E-state index in [1.54, 1.807) is 17.6 Å². The first kappa shape index (κ1) is 10.8. The van der Waals surface area contributed by atoms with E-state index in [2.05, 4.69) is 0 Å². The Balaban J connectivity index is 2.25. The molecule has 0 saturated carbocycles. The van der Waals surface area contributed by atoms with Gasteiger partial charge in [-0.2, -0.15) is 0 Å². The van der Waals surface area contributed by atoms with Crippen molar-refractivity contribution < 1.29 is 4.79 Å². The number of thiazole rings is 1. The first-order chi connectivity index (χ1) is 7.68. The maximum Gasteiger partial charge on any atom is 0.307 e. The van der Waals surface area contributed by atoms with Crippen LogP contribution in [0.5, 0.6) is 0 Å². The van der Waals surface area contributed by atoms with Gasteiger partial charge in [0.2, 0.25) is 0 Å². The van der Waals surface area contributed by atoms with Crippen LogP contribution >= 0.6 is 11.3 Å². The second-order valence-electron chi connectivity index (χ2n) is 3.53. The van der Waals surface area contributed by atoms with Crippen LogP contribution in [0.15, 0.2) is 40.6 Å². The fourth-order valence-corrected chi connectivity index (χ4v) is 2.12. The van der Waals surface area contributed by atoms with Crippen molar-refractivity contribution in [2.75, 3.05) is 0 Å². The molecule has 0 aliphatic rings. The summed E-state index contributed by atoms with van der Waals surface area (Å²) in [5, 5.41) is 1.69. The van der Waals surface area contributed by atoms with Gasteiger partial charge in [-0.3, -0.25) is 14.2 Å². The molecule has 3 nitrogen and oxygen atoms in total. The highest BCUT2D eigenvalue weighted by molar-refractivity contribution is 7.07. The smallest absolute Gasteiger partial charge is 0.298 e. The fraction of sp³-hybridized carbons (Fsp3) is 0.167. The summed E-state index contributed by atoms with van der Waals surface area (Å²) in [5.74, 6) is -0.0291. The number of rotatable bonds is 3. The van der Waals surface area contributed by atoms with E-state index in [1.807, 2.05) is 25.1 Å². The Morgan fingerprint density at radius 2 is 2.12 bits per heavy atom. The van der Waals surface area contributed by atoms with Gasteiger partial charge in [-0.15, -0.1) is 0 Å². The second kappa shape index (κ2) is 4.45. The number of hydrogen-bond acceptors (Lipinski definition) is 3. The van der Waals surface area contributed by atoms with Crippen molar-refractivity contribution >= 4 is 17.1 Å². The van der Waals surface area contributed by atoms with E-state index in [-0.39, 0.29) is 17.2 Å². The van der Waals surface area contributed by atoms with E-state index in [4.69, 9.17) is 0 Å². The van der Waals surface area contributed by atoms with Gasteiger partial charge >= 0.3 is 4.87 Å². The molecule has 0 aliphatic carbocycles. The van der Waals surface area contributed by atoms with E-state index in [1.165, 1.54) is 4.57 Å². The van der Waals surface area contributed by atoms with E-state index in [9.17, 15) is 9.59 Å². The molecule has 0 saturated heterocycles. The molecule has 0 unspecified atom stereocenters. The minimum absolute atomic E-state index is 0.0291. The molecule has 82 valence electrons. The topological polar surface area (TPSA) is 39.1 Å². The number of nitrogens with zero attached hydrogens (tertiary/aromatic N) is 1. The number of carbonyl (C=O) groups excluding carboxylic acids is 1. The number of ketones is 1. The van der Waals surface area contributed by atoms with Crippen LogP contribution in [0.3, 0.4) is 0 Å². The third-order valence-corrected chi connectivity index (χ3v) is 3.10. The average Bonchev–Trinajstić information content (AvgIpc) is 2.65. The molecule has 1 aromatic carbocycles. The van der Waals surface area contributed by atoms with Crippen molar-refractivity contribution in [3.8, 4) is 0 Å². The fourth-order valence-electron chi connectivity index (χ4n) is 1.53. The summed E-state index contributed by atoms with van der Waals surface area (Å²) in [5.41, 5.74) is 1.62. The predicted octanol–water partition coefficient (Wildman–Crippen LogP) is 2.10. The Morgan fingerprint density at radius 1 is 1.38 bits per heavy atom. The summed E-state index contributed by atoms with van der Waals surface area (Å²) in [7, 11) is 0. The molecule has 4 heteroatoms. The number of hydrogen-bond donors (Lipinski definition) is 0. The lowest BCUT2D eigenvalue weighted by Gasteiger charge is -2.04. The third kappa shape index (κ3) is 2.12. The first-order valence-electron chi connectivity index (χ1n) is 4.91. The molecule has 0 bridgehead atoms. The molecule has 0 fully saturated rings. The zero-order chi connectivity index (χ0) is 11.5. The molecule has 16 heavy (non-hydrogen) atoms. The van der Waals surface area contributed by atoms with Crippen LogP contribution in [-0.2, 0) is 6.54 Å². The van der Waals surface area contributed by atoms with Gasteiger partial charge < -0.3 is 0 Å². The summed E-state index contributed by atoms with van der Waals surface area (Å²) in [6.07, 6.45) is 1.64. The van der Waals surface area contributed by atoms with Crippen LogP contribution < -0.4 is 4.87 Å². The molecule has 0 atom stereocenters. The highest BCUT2D eigenvalue weighted by Gasteiger charge is 2.09. The molecule has 0 spiro atoms. The summed E-state index contributed by atoms with van der Waals surface area (Å²) in [4.78, 5) is 23.1. The molecule has 0 N–H and O–H groups in total. The maximum absolute atomic E-state index is 11.9. The number of aryl methyl sites for hydroxylation is 1. The van der Waals surface area contributed by atoms with E-state index < -0.39 is 0 Å². The van der Waals surface area contributed by atoms with Gasteiger partial charge in [0.25, 0.3) is 0 Å². The van der Waals surface area contributed by atoms with Gasteiger partial charge in [0.1, 0.15) is 0 Å². The SMILES string of the molecule is Cc1ccccc1C(=O)Cn1ccsc1=O. The van der Waals surface area contributed by atoms with Gasteiger partial charge in [0.15, 0.2) is 5.78 Å². The zero-order valence-corrected chi connectivity index (χ0v) is 9.66. The molecule has 1 heterocycles. The lowest BCUT2D eigenvalue weighted by atomic mass is 10.1. The first-order valence-corrected chi connectivity index (χ1v) is 5.79. The summed E-state index contributed by atoms with van der Waals surface area (Å²) >= 11 is 1.10. The Hall–Kier alpha value is -1.68. The summed E-state index contributed by atoms with van der Waals surface area (Å²) < 4.78 is 1.43. The van der Waals surface area contributed by atoms with E-state index in [0.29, 0.717) is 5.56 Å². The molecule has 0 amide bonds. The lowest BCUT2D eigenvalue weighted by molar-refractivity contribution is 0.0971. The average molecular weight is 233 g/mol. The molecule has 1 aromatic heterocycles. The Morgan fingerprint density at radius 3 is 2.75 bits per heavy atom. The van der Waals surface area contributed by atoms with Crippen LogP contribution in [0.4, 0.5) is 0 Å². The predicted molar refractivity (Wildman–Crippen MR) is 64.1 cm³/mol. The number of Topliss-reactive ketones (excluding diaryl/α,β-unsaturated/α-hetero) is 1. The van der Waals surface area contributed by atoms with Crippen LogP contribution in [0, 0.1) is 6.92 Å². The van der Waals surface area contributed by atoms with E-state index >= 15 is 0 Å². The number of aromatic nitrogens is 1. The number of benzene rings is 1. The summed E-state index contributed by atoms with van der Waals surface area (Å²) in [6, 6.07) is 7.40. The van der Waals surface area contributed by atoms with Crippen LogP contribution in [0.2, 0.25) is 0 Å². The quantitative estimate of drug-likeness (QED) is 0.761. The van der Waals surface area contributed by atoms with Gasteiger partial charge in [0, 0.05) is 17.1 Å². The summed E-state index contributed by atoms with van der Waals surface area (Å²) in [6.45, 7) is 2.01. The minimum Gasteiger partial charge on any atom is -0.298 e. The Bertz CT molecular complexity index is 568. The Labute approximate surface area is 97.0 Å². The Kier molecular flexibility index (Phi) is 3.01.